The summed E-state index contributed by atoms with van der Waals surface area (Å²) in [4.78, 5) is 36.4. The van der Waals surface area contributed by atoms with Crippen LogP contribution in [-0.4, -0.2) is 54.1 Å². The van der Waals surface area contributed by atoms with Gasteiger partial charge in [0.15, 0.2) is 6.04 Å². The SMILES string of the molecule is CN1C(=O)NC(=O)C2C1NC(=O)N2C. The van der Waals surface area contributed by atoms with E-state index in [-0.39, 0.29) is 6.03 Å². The van der Waals surface area contributed by atoms with Crippen LogP contribution in [0.15, 0.2) is 0 Å². The average Bonchev–Trinajstić information content (AvgIpc) is 2.40. The maximum absolute atomic E-state index is 11.4. The number of amides is 5. The van der Waals surface area contributed by atoms with E-state index in [0.29, 0.717) is 0 Å². The Morgan fingerprint density at radius 2 is 1.71 bits per heavy atom. The Labute approximate surface area is 80.0 Å². The maximum Gasteiger partial charge on any atom is 0.325 e. The van der Waals surface area contributed by atoms with Crippen LogP contribution < -0.4 is 10.6 Å². The maximum atomic E-state index is 11.4. The van der Waals surface area contributed by atoms with Crippen molar-refractivity contribution in [1.29, 1.82) is 0 Å². The Hall–Kier alpha value is -1.79. The first-order chi connectivity index (χ1) is 6.52. The lowest BCUT2D eigenvalue weighted by molar-refractivity contribution is -0.126. The van der Waals surface area contributed by atoms with E-state index >= 15 is 0 Å². The lowest BCUT2D eigenvalue weighted by Gasteiger charge is -2.33. The first-order valence-corrected chi connectivity index (χ1v) is 4.13. The van der Waals surface area contributed by atoms with Gasteiger partial charge in [0.2, 0.25) is 0 Å². The highest BCUT2D eigenvalue weighted by atomic mass is 16.2. The number of nitrogens with one attached hydrogen (secondary N) is 2. The highest BCUT2D eigenvalue weighted by Crippen LogP contribution is 2.17. The van der Waals surface area contributed by atoms with Gasteiger partial charge in [0.25, 0.3) is 5.91 Å². The van der Waals surface area contributed by atoms with Gasteiger partial charge in [-0.05, 0) is 0 Å². The van der Waals surface area contributed by atoms with Crippen molar-refractivity contribution >= 4 is 18.0 Å². The molecule has 2 saturated heterocycles. The number of hydrogen-bond acceptors (Lipinski definition) is 3. The van der Waals surface area contributed by atoms with Crippen molar-refractivity contribution < 1.29 is 14.4 Å². The van der Waals surface area contributed by atoms with Crippen molar-refractivity contribution in [3.63, 3.8) is 0 Å². The summed E-state index contributed by atoms with van der Waals surface area (Å²) in [6, 6.07) is -1.48. The van der Waals surface area contributed by atoms with Gasteiger partial charge in [-0.2, -0.15) is 0 Å². The fraction of sp³-hybridized carbons (Fsp3) is 0.571. The van der Waals surface area contributed by atoms with Gasteiger partial charge in [-0.25, -0.2) is 9.59 Å². The van der Waals surface area contributed by atoms with Gasteiger partial charge in [0.1, 0.15) is 6.17 Å². The van der Waals surface area contributed by atoms with Crippen molar-refractivity contribution in [3.05, 3.63) is 0 Å². The van der Waals surface area contributed by atoms with Gasteiger partial charge in [-0.3, -0.25) is 10.1 Å². The van der Waals surface area contributed by atoms with Crippen LogP contribution in [0.5, 0.6) is 0 Å². The van der Waals surface area contributed by atoms with Gasteiger partial charge in [0.05, 0.1) is 0 Å². The number of fused-ring (bicyclic) bond motifs is 1. The molecule has 0 aliphatic carbocycles. The predicted octanol–water partition coefficient (Wildman–Crippen LogP) is -1.48. The number of urea groups is 2. The summed E-state index contributed by atoms with van der Waals surface area (Å²) < 4.78 is 0. The number of imide groups is 1. The summed E-state index contributed by atoms with van der Waals surface area (Å²) in [6.45, 7) is 0. The second-order valence-corrected chi connectivity index (χ2v) is 3.36. The lowest BCUT2D eigenvalue weighted by Crippen LogP contribution is -2.64. The molecule has 76 valence electrons. The highest BCUT2D eigenvalue weighted by molar-refractivity contribution is 6.03. The van der Waals surface area contributed by atoms with Crippen LogP contribution in [0.3, 0.4) is 0 Å². The van der Waals surface area contributed by atoms with Crippen LogP contribution in [0.4, 0.5) is 9.59 Å². The van der Waals surface area contributed by atoms with Crippen molar-refractivity contribution in [2.45, 2.75) is 12.2 Å². The molecule has 2 aliphatic heterocycles. The fourth-order valence-electron chi connectivity index (χ4n) is 1.67. The summed E-state index contributed by atoms with van der Waals surface area (Å²) in [5, 5.41) is 4.71. The smallest absolute Gasteiger partial charge is 0.315 e. The van der Waals surface area contributed by atoms with Crippen molar-refractivity contribution in [3.8, 4) is 0 Å². The van der Waals surface area contributed by atoms with Gasteiger partial charge < -0.3 is 15.1 Å². The van der Waals surface area contributed by atoms with E-state index in [9.17, 15) is 14.4 Å². The minimum atomic E-state index is -0.634. The second kappa shape index (κ2) is 2.60. The van der Waals surface area contributed by atoms with Crippen molar-refractivity contribution in [2.24, 2.45) is 0 Å². The van der Waals surface area contributed by atoms with E-state index < -0.39 is 24.1 Å². The van der Waals surface area contributed by atoms with Crippen LogP contribution in [0.2, 0.25) is 0 Å². The van der Waals surface area contributed by atoms with Crippen LogP contribution in [0.1, 0.15) is 0 Å². The Kier molecular flexibility index (Phi) is 1.63. The summed E-state index contributed by atoms with van der Waals surface area (Å²) in [5.74, 6) is -0.445. The third kappa shape index (κ3) is 0.949. The summed E-state index contributed by atoms with van der Waals surface area (Å²) in [5.41, 5.74) is 0. The molecule has 0 saturated carbocycles. The quantitative estimate of drug-likeness (QED) is 0.498. The molecule has 0 aromatic rings. The minimum Gasteiger partial charge on any atom is -0.315 e. The molecule has 7 heteroatoms. The Balaban J connectivity index is 2.33. The number of hydrogen-bond donors (Lipinski definition) is 2. The molecule has 0 radical (unpaired) electrons. The lowest BCUT2D eigenvalue weighted by atomic mass is 10.1. The van der Waals surface area contributed by atoms with Crippen molar-refractivity contribution in [2.75, 3.05) is 14.1 Å². The molecule has 5 amide bonds. The van der Waals surface area contributed by atoms with Crippen LogP contribution >= 0.6 is 0 Å². The van der Waals surface area contributed by atoms with Crippen molar-refractivity contribution in [1.82, 2.24) is 20.4 Å². The molecule has 0 bridgehead atoms. The molecule has 0 aromatic carbocycles. The Bertz CT molecular complexity index is 329. The summed E-state index contributed by atoms with van der Waals surface area (Å²) in [6.07, 6.45) is -0.561. The zero-order valence-corrected chi connectivity index (χ0v) is 7.77. The molecule has 0 aromatic heterocycles. The molecule has 2 heterocycles. The highest BCUT2D eigenvalue weighted by Gasteiger charge is 2.49. The largest absolute Gasteiger partial charge is 0.325 e. The number of nitrogens with zero attached hydrogens (tertiary/aromatic N) is 2. The Morgan fingerprint density at radius 3 is 2.36 bits per heavy atom. The third-order valence-corrected chi connectivity index (χ3v) is 2.54. The van der Waals surface area contributed by atoms with Gasteiger partial charge in [0, 0.05) is 14.1 Å². The van der Waals surface area contributed by atoms with Gasteiger partial charge in [-0.15, -0.1) is 0 Å². The van der Waals surface area contributed by atoms with E-state index in [0.717, 1.165) is 0 Å². The molecular weight excluding hydrogens is 188 g/mol. The first kappa shape index (κ1) is 8.79. The summed E-state index contributed by atoms with van der Waals surface area (Å²) in [7, 11) is 3.04. The van der Waals surface area contributed by atoms with E-state index in [1.807, 2.05) is 0 Å². The fourth-order valence-corrected chi connectivity index (χ4v) is 1.67. The Morgan fingerprint density at radius 1 is 1.07 bits per heavy atom. The number of likely N-dealkylation sites (N-methyl/N-ethyl adjacent to an activating group) is 2. The molecule has 2 N–H and O–H groups in total. The molecular formula is C7H10N4O3. The molecule has 0 spiro atoms. The number of carbonyl (C=O) groups excluding carboxylic acids is 3. The minimum absolute atomic E-state index is 0.350. The standard InChI is InChI=1S/C7H10N4O3/c1-10-3-4(8-6(10)13)11(2)7(14)9-5(3)12/h3-4H,1-2H3,(H,8,13)(H,9,12,14). The number of carbonyl (C=O) groups is 3. The first-order valence-electron chi connectivity index (χ1n) is 4.13. The zero-order valence-electron chi connectivity index (χ0n) is 7.77. The molecule has 2 rings (SSSR count). The van der Waals surface area contributed by atoms with E-state index in [2.05, 4.69) is 10.6 Å². The van der Waals surface area contributed by atoms with Crippen LogP contribution in [0, 0.1) is 0 Å². The number of rotatable bonds is 0. The summed E-state index contributed by atoms with van der Waals surface area (Å²) >= 11 is 0. The molecule has 2 unspecified atom stereocenters. The van der Waals surface area contributed by atoms with E-state index in [1.54, 1.807) is 0 Å². The topological polar surface area (TPSA) is 81.8 Å². The average molecular weight is 198 g/mol. The monoisotopic (exact) mass is 198 g/mol. The van der Waals surface area contributed by atoms with Gasteiger partial charge in [-0.1, -0.05) is 0 Å². The third-order valence-electron chi connectivity index (χ3n) is 2.54. The van der Waals surface area contributed by atoms with Crippen LogP contribution in [0.25, 0.3) is 0 Å². The second-order valence-electron chi connectivity index (χ2n) is 3.36. The van der Waals surface area contributed by atoms with Gasteiger partial charge >= 0.3 is 12.1 Å². The predicted molar refractivity (Wildman–Crippen MR) is 45.2 cm³/mol. The normalized spacial score (nSPS) is 31.4. The van der Waals surface area contributed by atoms with E-state index in [4.69, 9.17) is 0 Å². The molecule has 7 nitrogen and oxygen atoms in total. The molecule has 2 atom stereocenters. The van der Waals surface area contributed by atoms with Crippen LogP contribution in [-0.2, 0) is 4.79 Å². The molecule has 2 aliphatic rings. The zero-order chi connectivity index (χ0) is 10.5. The van der Waals surface area contributed by atoms with E-state index in [1.165, 1.54) is 23.9 Å². The molecule has 2 fully saturated rings. The molecule has 14 heavy (non-hydrogen) atoms.